The Morgan fingerprint density at radius 1 is 1.43 bits per heavy atom. The molecule has 0 aliphatic rings. The van der Waals surface area contributed by atoms with Crippen molar-refractivity contribution in [3.8, 4) is 0 Å². The summed E-state index contributed by atoms with van der Waals surface area (Å²) in [6.07, 6.45) is 0. The van der Waals surface area contributed by atoms with Crippen LogP contribution in [0, 0.1) is 23.0 Å². The smallest absolute Gasteiger partial charge is 0.308 e. The fraction of sp³-hybridized carbons (Fsp3) is 0.429. The van der Waals surface area contributed by atoms with Crippen molar-refractivity contribution in [1.29, 1.82) is 0 Å². The molecule has 1 aromatic carbocycles. The number of amides is 1. The molecule has 0 bridgehead atoms. The van der Waals surface area contributed by atoms with Crippen molar-refractivity contribution < 1.29 is 19.6 Å². The van der Waals surface area contributed by atoms with E-state index in [0.29, 0.717) is 6.54 Å². The molecule has 1 unspecified atom stereocenters. The van der Waals surface area contributed by atoms with Crippen molar-refractivity contribution in [2.45, 2.75) is 20.8 Å². The first-order chi connectivity index (χ1) is 9.79. The van der Waals surface area contributed by atoms with Gasteiger partial charge in [-0.1, -0.05) is 13.0 Å². The highest BCUT2D eigenvalue weighted by Crippen LogP contribution is 2.22. The quantitative estimate of drug-likeness (QED) is 0.639. The average Bonchev–Trinajstić information content (AvgIpc) is 2.43. The van der Waals surface area contributed by atoms with Crippen LogP contribution in [0.25, 0.3) is 0 Å². The molecule has 1 N–H and O–H groups in total. The zero-order valence-corrected chi connectivity index (χ0v) is 12.2. The highest BCUT2D eigenvalue weighted by molar-refractivity contribution is 5.96. The Kier molecular flexibility index (Phi) is 5.40. The topological polar surface area (TPSA) is 101 Å². The number of aliphatic carboxylic acids is 1. The Hall–Kier alpha value is -2.44. The van der Waals surface area contributed by atoms with Gasteiger partial charge in [-0.3, -0.25) is 19.7 Å². The molecule has 0 aromatic heterocycles. The van der Waals surface area contributed by atoms with Gasteiger partial charge in [0.2, 0.25) is 0 Å². The third-order valence-electron chi connectivity index (χ3n) is 3.32. The molecule has 0 spiro atoms. The number of rotatable bonds is 6. The van der Waals surface area contributed by atoms with Gasteiger partial charge in [0.25, 0.3) is 11.6 Å². The van der Waals surface area contributed by atoms with E-state index in [9.17, 15) is 19.7 Å². The van der Waals surface area contributed by atoms with Gasteiger partial charge in [0.1, 0.15) is 0 Å². The van der Waals surface area contributed by atoms with E-state index in [0.717, 1.165) is 0 Å². The maximum atomic E-state index is 12.4. The van der Waals surface area contributed by atoms with E-state index in [1.54, 1.807) is 6.92 Å². The molecule has 21 heavy (non-hydrogen) atoms. The molecule has 0 aliphatic carbocycles. The van der Waals surface area contributed by atoms with Crippen molar-refractivity contribution in [3.05, 3.63) is 39.4 Å². The Balaban J connectivity index is 3.09. The summed E-state index contributed by atoms with van der Waals surface area (Å²) in [4.78, 5) is 35.1. The maximum absolute atomic E-state index is 12.4. The van der Waals surface area contributed by atoms with Crippen molar-refractivity contribution in [1.82, 2.24) is 4.90 Å². The fourth-order valence-electron chi connectivity index (χ4n) is 1.99. The molecule has 114 valence electrons. The van der Waals surface area contributed by atoms with Crippen molar-refractivity contribution in [2.24, 2.45) is 5.92 Å². The van der Waals surface area contributed by atoms with Gasteiger partial charge in [-0.25, -0.2) is 0 Å². The molecular formula is C14H18N2O5. The lowest BCUT2D eigenvalue weighted by Crippen LogP contribution is -2.37. The van der Waals surface area contributed by atoms with Gasteiger partial charge in [-0.15, -0.1) is 0 Å². The van der Waals surface area contributed by atoms with Crippen LogP contribution in [0.2, 0.25) is 0 Å². The van der Waals surface area contributed by atoms with E-state index in [-0.39, 0.29) is 23.4 Å². The maximum Gasteiger partial charge on any atom is 0.308 e. The van der Waals surface area contributed by atoms with Crippen LogP contribution < -0.4 is 0 Å². The van der Waals surface area contributed by atoms with Gasteiger partial charge in [0.05, 0.1) is 10.8 Å². The standard InChI is InChI=1S/C14H18N2O5/c1-4-15(8-9(2)14(18)19)13(17)11-6-5-7-12(10(11)3)16(20)21/h5-7,9H,4,8H2,1-3H3,(H,18,19). The number of nitro groups is 1. The zero-order chi connectivity index (χ0) is 16.2. The fourth-order valence-corrected chi connectivity index (χ4v) is 1.99. The Bertz CT molecular complexity index is 570. The van der Waals surface area contributed by atoms with Crippen LogP contribution in [0.1, 0.15) is 29.8 Å². The number of nitro benzene ring substituents is 1. The summed E-state index contributed by atoms with van der Waals surface area (Å²) in [5.74, 6) is -2.09. The van der Waals surface area contributed by atoms with Crippen molar-refractivity contribution >= 4 is 17.6 Å². The Labute approximate surface area is 122 Å². The van der Waals surface area contributed by atoms with Crippen LogP contribution in [0.3, 0.4) is 0 Å². The number of carboxylic acid groups (broad SMARTS) is 1. The van der Waals surface area contributed by atoms with E-state index in [4.69, 9.17) is 5.11 Å². The number of carboxylic acids is 1. The molecule has 0 saturated carbocycles. The average molecular weight is 294 g/mol. The molecule has 1 atom stereocenters. The van der Waals surface area contributed by atoms with Gasteiger partial charge >= 0.3 is 5.97 Å². The molecule has 0 heterocycles. The van der Waals surface area contributed by atoms with Gasteiger partial charge < -0.3 is 10.0 Å². The second-order valence-corrected chi connectivity index (χ2v) is 4.79. The van der Waals surface area contributed by atoms with Gasteiger partial charge in [0.15, 0.2) is 0 Å². The number of benzene rings is 1. The summed E-state index contributed by atoms with van der Waals surface area (Å²) in [6, 6.07) is 4.30. The minimum absolute atomic E-state index is 0.0623. The summed E-state index contributed by atoms with van der Waals surface area (Å²) in [7, 11) is 0. The minimum atomic E-state index is -0.989. The van der Waals surface area contributed by atoms with Crippen LogP contribution in [0.5, 0.6) is 0 Å². The SMILES string of the molecule is CCN(CC(C)C(=O)O)C(=O)c1cccc([N+](=O)[O-])c1C. The second-order valence-electron chi connectivity index (χ2n) is 4.79. The van der Waals surface area contributed by atoms with Crippen LogP contribution in [0.4, 0.5) is 5.69 Å². The lowest BCUT2D eigenvalue weighted by Gasteiger charge is -2.23. The van der Waals surface area contributed by atoms with Gasteiger partial charge in [-0.2, -0.15) is 0 Å². The molecule has 1 amide bonds. The van der Waals surface area contributed by atoms with E-state index in [1.807, 2.05) is 0 Å². The molecule has 1 rings (SSSR count). The van der Waals surface area contributed by atoms with E-state index >= 15 is 0 Å². The molecule has 0 radical (unpaired) electrons. The number of carbonyl (C=O) groups excluding carboxylic acids is 1. The summed E-state index contributed by atoms with van der Waals surface area (Å²) in [5, 5.41) is 19.8. The summed E-state index contributed by atoms with van der Waals surface area (Å²) in [6.45, 7) is 5.16. The lowest BCUT2D eigenvalue weighted by molar-refractivity contribution is -0.385. The van der Waals surface area contributed by atoms with E-state index < -0.39 is 22.7 Å². The predicted molar refractivity (Wildman–Crippen MR) is 76.2 cm³/mol. The third-order valence-corrected chi connectivity index (χ3v) is 3.32. The number of hydrogen-bond acceptors (Lipinski definition) is 4. The van der Waals surface area contributed by atoms with E-state index in [1.165, 1.54) is 36.9 Å². The number of carbonyl (C=O) groups is 2. The summed E-state index contributed by atoms with van der Waals surface area (Å²) < 4.78 is 0. The minimum Gasteiger partial charge on any atom is -0.481 e. The molecule has 0 saturated heterocycles. The second kappa shape index (κ2) is 6.83. The largest absolute Gasteiger partial charge is 0.481 e. The first-order valence-corrected chi connectivity index (χ1v) is 6.55. The van der Waals surface area contributed by atoms with Crippen LogP contribution in [0.15, 0.2) is 18.2 Å². The Morgan fingerprint density at radius 3 is 2.52 bits per heavy atom. The van der Waals surface area contributed by atoms with Crippen LogP contribution >= 0.6 is 0 Å². The summed E-state index contributed by atoms with van der Waals surface area (Å²) >= 11 is 0. The number of hydrogen-bond donors (Lipinski definition) is 1. The predicted octanol–water partition coefficient (Wildman–Crippen LogP) is 2.09. The first-order valence-electron chi connectivity index (χ1n) is 6.55. The summed E-state index contributed by atoms with van der Waals surface area (Å²) in [5.41, 5.74) is 0.390. The molecular weight excluding hydrogens is 276 g/mol. The molecule has 7 nitrogen and oxygen atoms in total. The van der Waals surface area contributed by atoms with Crippen molar-refractivity contribution in [2.75, 3.05) is 13.1 Å². The highest BCUT2D eigenvalue weighted by atomic mass is 16.6. The molecule has 7 heteroatoms. The normalized spacial score (nSPS) is 11.8. The van der Waals surface area contributed by atoms with Gasteiger partial charge in [0, 0.05) is 30.3 Å². The number of nitrogens with zero attached hydrogens (tertiary/aromatic N) is 2. The van der Waals surface area contributed by atoms with Crippen LogP contribution in [-0.4, -0.2) is 39.9 Å². The van der Waals surface area contributed by atoms with E-state index in [2.05, 4.69) is 0 Å². The zero-order valence-electron chi connectivity index (χ0n) is 12.2. The Morgan fingerprint density at radius 2 is 2.05 bits per heavy atom. The van der Waals surface area contributed by atoms with Gasteiger partial charge in [-0.05, 0) is 19.9 Å². The highest BCUT2D eigenvalue weighted by Gasteiger charge is 2.24. The third kappa shape index (κ3) is 3.77. The molecule has 1 aromatic rings. The molecule has 0 fully saturated rings. The van der Waals surface area contributed by atoms with Crippen LogP contribution in [-0.2, 0) is 4.79 Å². The van der Waals surface area contributed by atoms with Crippen molar-refractivity contribution in [3.63, 3.8) is 0 Å². The molecule has 0 aliphatic heterocycles. The lowest BCUT2D eigenvalue weighted by atomic mass is 10.0. The monoisotopic (exact) mass is 294 g/mol. The first kappa shape index (κ1) is 16.6.